The zero-order valence-corrected chi connectivity index (χ0v) is 9.51. The van der Waals surface area contributed by atoms with Gasteiger partial charge in [-0.2, -0.15) is 0 Å². The summed E-state index contributed by atoms with van der Waals surface area (Å²) >= 11 is 0. The van der Waals surface area contributed by atoms with Crippen LogP contribution in [0.1, 0.15) is 22.0 Å². The van der Waals surface area contributed by atoms with Gasteiger partial charge < -0.3 is 15.3 Å². The predicted molar refractivity (Wildman–Crippen MR) is 61.4 cm³/mol. The number of nitrogens with zero attached hydrogens (tertiary/aromatic N) is 1. The van der Waals surface area contributed by atoms with E-state index in [4.69, 9.17) is 0 Å². The molecule has 1 unspecified atom stereocenters. The molecule has 5 heteroatoms. The average molecular weight is 234 g/mol. The molecule has 0 aromatic heterocycles. The molecular formula is C12H14N2O3. The van der Waals surface area contributed by atoms with Gasteiger partial charge in [0, 0.05) is 12.6 Å². The molecule has 1 aromatic carbocycles. The molecule has 2 amide bonds. The molecule has 1 aliphatic heterocycles. The van der Waals surface area contributed by atoms with Gasteiger partial charge >= 0.3 is 0 Å². The van der Waals surface area contributed by atoms with Crippen LogP contribution in [0.4, 0.5) is 0 Å². The highest BCUT2D eigenvalue weighted by Gasteiger charge is 2.36. The Morgan fingerprint density at radius 1 is 1.47 bits per heavy atom. The molecule has 1 aromatic rings. The van der Waals surface area contributed by atoms with Crippen molar-refractivity contribution < 1.29 is 14.7 Å². The van der Waals surface area contributed by atoms with Gasteiger partial charge in [-0.25, -0.2) is 0 Å². The number of rotatable bonds is 3. The second kappa shape index (κ2) is 4.55. The lowest BCUT2D eigenvalue weighted by Gasteiger charge is -2.22. The number of fused-ring (bicyclic) bond motifs is 1. The predicted octanol–water partition coefficient (Wildman–Crippen LogP) is -0.0782. The number of nitrogens with one attached hydrogen (secondary N) is 1. The third-order valence-electron chi connectivity index (χ3n) is 2.95. The van der Waals surface area contributed by atoms with Crippen molar-refractivity contribution in [3.05, 3.63) is 35.4 Å². The number of amides is 2. The molecule has 1 heterocycles. The van der Waals surface area contributed by atoms with Gasteiger partial charge in [0.05, 0.1) is 12.6 Å². The number of aliphatic hydroxyl groups is 1. The standard InChI is InChI=1S/C12H14N2O3/c1-13-11(16)6-14-10(7-15)8-4-2-3-5-9(8)12(14)17/h2-5,10,15H,6-7H2,1H3,(H,13,16). The van der Waals surface area contributed by atoms with E-state index in [2.05, 4.69) is 5.32 Å². The van der Waals surface area contributed by atoms with Crippen LogP contribution in [0.25, 0.3) is 0 Å². The van der Waals surface area contributed by atoms with Gasteiger partial charge in [0.2, 0.25) is 5.91 Å². The Kier molecular flexibility index (Phi) is 3.10. The lowest BCUT2D eigenvalue weighted by atomic mass is 10.1. The highest BCUT2D eigenvalue weighted by molar-refractivity contribution is 6.01. The van der Waals surface area contributed by atoms with E-state index in [9.17, 15) is 14.7 Å². The van der Waals surface area contributed by atoms with Crippen LogP contribution in [-0.4, -0.2) is 42.0 Å². The lowest BCUT2D eigenvalue weighted by Crippen LogP contribution is -2.38. The SMILES string of the molecule is CNC(=O)CN1C(=O)c2ccccc2C1CO. The van der Waals surface area contributed by atoms with Gasteiger partial charge in [-0.3, -0.25) is 9.59 Å². The van der Waals surface area contributed by atoms with Crippen molar-refractivity contribution in [3.63, 3.8) is 0 Å². The second-order valence-corrected chi connectivity index (χ2v) is 3.89. The van der Waals surface area contributed by atoms with Gasteiger partial charge in [0.1, 0.15) is 6.54 Å². The van der Waals surface area contributed by atoms with Gasteiger partial charge in [0.15, 0.2) is 0 Å². The molecule has 1 aliphatic rings. The minimum Gasteiger partial charge on any atom is -0.394 e. The molecule has 0 radical (unpaired) electrons. The van der Waals surface area contributed by atoms with Crippen molar-refractivity contribution in [1.82, 2.24) is 10.2 Å². The molecule has 17 heavy (non-hydrogen) atoms. The minimum absolute atomic E-state index is 0.0325. The van der Waals surface area contributed by atoms with Crippen LogP contribution < -0.4 is 5.32 Å². The first-order valence-corrected chi connectivity index (χ1v) is 5.40. The summed E-state index contributed by atoms with van der Waals surface area (Å²) in [6, 6.07) is 6.69. The van der Waals surface area contributed by atoms with Crippen LogP contribution in [0.3, 0.4) is 0 Å². The van der Waals surface area contributed by atoms with Crippen LogP contribution in [-0.2, 0) is 4.79 Å². The zero-order chi connectivity index (χ0) is 12.4. The monoisotopic (exact) mass is 234 g/mol. The van der Waals surface area contributed by atoms with E-state index in [-0.39, 0.29) is 25.0 Å². The first kappa shape index (κ1) is 11.6. The van der Waals surface area contributed by atoms with Crippen molar-refractivity contribution in [3.8, 4) is 0 Å². The Balaban J connectivity index is 2.32. The molecule has 0 fully saturated rings. The van der Waals surface area contributed by atoms with Crippen LogP contribution in [0.2, 0.25) is 0 Å². The van der Waals surface area contributed by atoms with Crippen LogP contribution >= 0.6 is 0 Å². The molecular weight excluding hydrogens is 220 g/mol. The summed E-state index contributed by atoms with van der Waals surface area (Å²) in [7, 11) is 1.52. The summed E-state index contributed by atoms with van der Waals surface area (Å²) in [5, 5.41) is 11.8. The zero-order valence-electron chi connectivity index (χ0n) is 9.51. The molecule has 0 saturated carbocycles. The van der Waals surface area contributed by atoms with Gasteiger partial charge in [-0.05, 0) is 11.6 Å². The maximum atomic E-state index is 12.1. The van der Waals surface area contributed by atoms with Crippen molar-refractivity contribution in [2.45, 2.75) is 6.04 Å². The summed E-state index contributed by atoms with van der Waals surface area (Å²) in [6.07, 6.45) is 0. The van der Waals surface area contributed by atoms with Gasteiger partial charge in [-0.15, -0.1) is 0 Å². The first-order chi connectivity index (χ1) is 8.19. The molecule has 0 spiro atoms. The maximum Gasteiger partial charge on any atom is 0.255 e. The quantitative estimate of drug-likeness (QED) is 0.768. The first-order valence-electron chi connectivity index (χ1n) is 5.40. The minimum atomic E-state index is -0.420. The molecule has 5 nitrogen and oxygen atoms in total. The van der Waals surface area contributed by atoms with E-state index >= 15 is 0 Å². The summed E-state index contributed by atoms with van der Waals surface area (Å²) in [5.74, 6) is -0.451. The topological polar surface area (TPSA) is 69.6 Å². The number of carbonyl (C=O) groups excluding carboxylic acids is 2. The van der Waals surface area contributed by atoms with Crippen molar-refractivity contribution >= 4 is 11.8 Å². The highest BCUT2D eigenvalue weighted by atomic mass is 16.3. The van der Waals surface area contributed by atoms with Gasteiger partial charge in [-0.1, -0.05) is 18.2 Å². The second-order valence-electron chi connectivity index (χ2n) is 3.89. The number of hydrogen-bond acceptors (Lipinski definition) is 3. The Bertz CT molecular complexity index is 459. The Labute approximate surface area is 99.0 Å². The Morgan fingerprint density at radius 3 is 2.82 bits per heavy atom. The number of benzene rings is 1. The summed E-state index contributed by atoms with van der Waals surface area (Å²) in [6.45, 7) is -0.213. The van der Waals surface area contributed by atoms with E-state index < -0.39 is 6.04 Å². The van der Waals surface area contributed by atoms with Crippen LogP contribution in [0, 0.1) is 0 Å². The number of carbonyl (C=O) groups is 2. The summed E-state index contributed by atoms with van der Waals surface area (Å²) in [5.41, 5.74) is 1.35. The third-order valence-corrected chi connectivity index (χ3v) is 2.95. The van der Waals surface area contributed by atoms with E-state index in [0.717, 1.165) is 5.56 Å². The number of hydrogen-bond donors (Lipinski definition) is 2. The Hall–Kier alpha value is -1.88. The fourth-order valence-corrected chi connectivity index (χ4v) is 2.06. The molecule has 0 bridgehead atoms. The fraction of sp³-hybridized carbons (Fsp3) is 0.333. The fourth-order valence-electron chi connectivity index (χ4n) is 2.06. The third kappa shape index (κ3) is 1.89. The molecule has 0 aliphatic carbocycles. The van der Waals surface area contributed by atoms with E-state index in [1.54, 1.807) is 18.2 Å². The molecule has 1 atom stereocenters. The molecule has 0 saturated heterocycles. The van der Waals surface area contributed by atoms with E-state index in [0.29, 0.717) is 5.56 Å². The van der Waals surface area contributed by atoms with E-state index in [1.165, 1.54) is 11.9 Å². The average Bonchev–Trinajstić information content (AvgIpc) is 2.63. The van der Waals surface area contributed by atoms with Crippen molar-refractivity contribution in [2.75, 3.05) is 20.2 Å². The molecule has 2 N–H and O–H groups in total. The van der Waals surface area contributed by atoms with Crippen molar-refractivity contribution in [2.24, 2.45) is 0 Å². The molecule has 2 rings (SSSR count). The van der Waals surface area contributed by atoms with E-state index in [1.807, 2.05) is 6.07 Å². The van der Waals surface area contributed by atoms with Gasteiger partial charge in [0.25, 0.3) is 5.91 Å². The number of likely N-dealkylation sites (N-methyl/N-ethyl adjacent to an activating group) is 1. The number of aliphatic hydroxyl groups excluding tert-OH is 1. The lowest BCUT2D eigenvalue weighted by molar-refractivity contribution is -0.121. The largest absolute Gasteiger partial charge is 0.394 e. The summed E-state index contributed by atoms with van der Waals surface area (Å²) < 4.78 is 0. The normalized spacial score (nSPS) is 18.1. The van der Waals surface area contributed by atoms with Crippen LogP contribution in [0.5, 0.6) is 0 Å². The highest BCUT2D eigenvalue weighted by Crippen LogP contribution is 2.32. The molecule has 90 valence electrons. The maximum absolute atomic E-state index is 12.1. The summed E-state index contributed by atoms with van der Waals surface area (Å²) in [4.78, 5) is 24.8. The van der Waals surface area contributed by atoms with Crippen molar-refractivity contribution in [1.29, 1.82) is 0 Å². The van der Waals surface area contributed by atoms with Crippen LogP contribution in [0.15, 0.2) is 24.3 Å². The smallest absolute Gasteiger partial charge is 0.255 e. The Morgan fingerprint density at radius 2 is 2.18 bits per heavy atom.